The quantitative estimate of drug-likeness (QED) is 0.626. The van der Waals surface area contributed by atoms with Crippen LogP contribution in [0.15, 0.2) is 0 Å². The summed E-state index contributed by atoms with van der Waals surface area (Å²) in [5.74, 6) is 0.657. The maximum absolute atomic E-state index is 10.9. The van der Waals surface area contributed by atoms with Crippen LogP contribution in [0, 0.1) is 5.92 Å². The first-order valence-electron chi connectivity index (χ1n) is 4.47. The van der Waals surface area contributed by atoms with Crippen LogP contribution >= 0.6 is 0 Å². The molecule has 0 aromatic carbocycles. The van der Waals surface area contributed by atoms with Gasteiger partial charge in [0.25, 0.3) is 0 Å². The summed E-state index contributed by atoms with van der Waals surface area (Å²) in [6.45, 7) is 5.56. The second-order valence-corrected chi connectivity index (χ2v) is 2.80. The van der Waals surface area contributed by atoms with Crippen LogP contribution in [0.25, 0.3) is 0 Å². The van der Waals surface area contributed by atoms with Crippen molar-refractivity contribution in [1.82, 2.24) is 4.90 Å². The molecule has 1 heterocycles. The molecule has 3 nitrogen and oxygen atoms in total. The van der Waals surface area contributed by atoms with Crippen LogP contribution in [0.4, 0.5) is 0 Å². The average molecular weight is 173 g/mol. The highest BCUT2D eigenvalue weighted by molar-refractivity contribution is 5.78. The van der Waals surface area contributed by atoms with Crippen LogP contribution in [0.2, 0.25) is 0 Å². The number of likely N-dealkylation sites (tertiary alicyclic amines) is 1. The van der Waals surface area contributed by atoms with E-state index in [9.17, 15) is 4.79 Å². The van der Waals surface area contributed by atoms with Crippen molar-refractivity contribution in [3.63, 3.8) is 0 Å². The predicted octanol–water partition coefficient (Wildman–Crippen LogP) is 1.14. The van der Waals surface area contributed by atoms with E-state index in [0.717, 1.165) is 6.54 Å². The third kappa shape index (κ3) is 3.22. The van der Waals surface area contributed by atoms with Gasteiger partial charge in [0.2, 0.25) is 5.91 Å². The summed E-state index contributed by atoms with van der Waals surface area (Å²) in [5.41, 5.74) is 0. The van der Waals surface area contributed by atoms with Gasteiger partial charge in [-0.2, -0.15) is 0 Å². The predicted molar refractivity (Wildman–Crippen MR) is 49.0 cm³/mol. The van der Waals surface area contributed by atoms with Crippen molar-refractivity contribution < 1.29 is 9.53 Å². The number of rotatable bonds is 2. The molecule has 0 saturated carbocycles. The lowest BCUT2D eigenvalue weighted by atomic mass is 10.1. The summed E-state index contributed by atoms with van der Waals surface area (Å²) >= 11 is 0. The third-order valence-electron chi connectivity index (χ3n) is 1.82. The molecule has 1 rings (SSSR count). The molecule has 12 heavy (non-hydrogen) atoms. The first-order valence-corrected chi connectivity index (χ1v) is 4.47. The molecule has 1 aliphatic heterocycles. The second kappa shape index (κ2) is 6.00. The Morgan fingerprint density at radius 2 is 2.17 bits per heavy atom. The summed E-state index contributed by atoms with van der Waals surface area (Å²) in [6, 6.07) is 0. The van der Waals surface area contributed by atoms with Gasteiger partial charge in [0.1, 0.15) is 0 Å². The molecule has 1 unspecified atom stereocenters. The Morgan fingerprint density at radius 3 is 2.50 bits per heavy atom. The van der Waals surface area contributed by atoms with Crippen molar-refractivity contribution in [3.05, 3.63) is 0 Å². The zero-order chi connectivity index (χ0) is 9.56. The summed E-state index contributed by atoms with van der Waals surface area (Å²) in [5, 5.41) is 0. The fourth-order valence-electron chi connectivity index (χ4n) is 1.30. The lowest BCUT2D eigenvalue weighted by Gasteiger charge is -2.07. The van der Waals surface area contributed by atoms with Gasteiger partial charge in [-0.15, -0.1) is 0 Å². The van der Waals surface area contributed by atoms with Crippen LogP contribution in [0.5, 0.6) is 0 Å². The van der Waals surface area contributed by atoms with Crippen molar-refractivity contribution >= 4 is 5.91 Å². The minimum Gasteiger partial charge on any atom is -0.384 e. The number of carbonyl (C=O) groups excluding carboxylic acids is 1. The molecule has 1 aliphatic rings. The van der Waals surface area contributed by atoms with Crippen LogP contribution in [-0.4, -0.2) is 38.1 Å². The van der Waals surface area contributed by atoms with Crippen LogP contribution in [0.1, 0.15) is 20.3 Å². The number of hydrogen-bond donors (Lipinski definition) is 0. The van der Waals surface area contributed by atoms with Gasteiger partial charge in [-0.3, -0.25) is 4.79 Å². The lowest BCUT2D eigenvalue weighted by molar-refractivity contribution is -0.126. The van der Waals surface area contributed by atoms with Crippen LogP contribution in [0.3, 0.4) is 0 Å². The molecular formula is C9H19NO2. The molecule has 1 saturated heterocycles. The van der Waals surface area contributed by atoms with Crippen molar-refractivity contribution in [3.8, 4) is 0 Å². The Hall–Kier alpha value is -0.570. The van der Waals surface area contributed by atoms with Gasteiger partial charge in [0.15, 0.2) is 0 Å². The molecule has 0 aliphatic carbocycles. The molecule has 1 amide bonds. The molecule has 0 aromatic rings. The number of hydrogen-bond acceptors (Lipinski definition) is 2. The van der Waals surface area contributed by atoms with Gasteiger partial charge in [0, 0.05) is 33.0 Å². The van der Waals surface area contributed by atoms with E-state index < -0.39 is 0 Å². The van der Waals surface area contributed by atoms with Gasteiger partial charge in [0.05, 0.1) is 6.61 Å². The fourth-order valence-corrected chi connectivity index (χ4v) is 1.30. The Morgan fingerprint density at radius 1 is 1.58 bits per heavy atom. The van der Waals surface area contributed by atoms with Crippen molar-refractivity contribution in [2.24, 2.45) is 5.92 Å². The minimum atomic E-state index is 0.238. The molecule has 3 heteroatoms. The summed E-state index contributed by atoms with van der Waals surface area (Å²) in [4.78, 5) is 12.7. The molecule has 1 atom stereocenters. The average Bonchev–Trinajstić information content (AvgIpc) is 2.36. The Kier molecular flexibility index (Phi) is 5.72. The maximum Gasteiger partial charge on any atom is 0.222 e. The van der Waals surface area contributed by atoms with Crippen molar-refractivity contribution in [2.45, 2.75) is 20.3 Å². The number of ether oxygens (including phenoxy) is 1. The van der Waals surface area contributed by atoms with Gasteiger partial charge >= 0.3 is 0 Å². The summed E-state index contributed by atoms with van der Waals surface area (Å²) in [6.07, 6.45) is 0.657. The van der Waals surface area contributed by atoms with Gasteiger partial charge in [-0.05, 0) is 0 Å². The maximum atomic E-state index is 10.9. The zero-order valence-corrected chi connectivity index (χ0v) is 8.46. The Balaban J connectivity index is 0.000000561. The first kappa shape index (κ1) is 11.4. The number of methoxy groups -OCH3 is 1. The minimum absolute atomic E-state index is 0.238. The van der Waals surface area contributed by atoms with E-state index in [1.165, 1.54) is 0 Å². The number of carbonyl (C=O) groups is 1. The summed E-state index contributed by atoms with van der Waals surface area (Å²) in [7, 11) is 3.50. The smallest absolute Gasteiger partial charge is 0.222 e. The molecule has 1 fully saturated rings. The van der Waals surface area contributed by atoms with Crippen LogP contribution < -0.4 is 0 Å². The van der Waals surface area contributed by atoms with E-state index in [-0.39, 0.29) is 5.91 Å². The molecule has 0 aromatic heterocycles. The second-order valence-electron chi connectivity index (χ2n) is 2.80. The van der Waals surface area contributed by atoms with Gasteiger partial charge in [-0.25, -0.2) is 0 Å². The molecule has 0 radical (unpaired) electrons. The molecule has 0 bridgehead atoms. The van der Waals surface area contributed by atoms with E-state index in [1.54, 1.807) is 12.0 Å². The normalized spacial score (nSPS) is 22.2. The Bertz CT molecular complexity index is 136. The standard InChI is InChI=1S/C7H13NO2.C2H6/c1-8-4-6(5-10-2)3-7(8)9;1-2/h6H,3-5H2,1-2H3;1-2H3. The molecule has 0 N–H and O–H groups in total. The van der Waals surface area contributed by atoms with Crippen molar-refractivity contribution in [1.29, 1.82) is 0 Å². The highest BCUT2D eigenvalue weighted by atomic mass is 16.5. The highest BCUT2D eigenvalue weighted by Crippen LogP contribution is 2.15. The topological polar surface area (TPSA) is 29.5 Å². The zero-order valence-electron chi connectivity index (χ0n) is 8.46. The van der Waals surface area contributed by atoms with E-state index in [2.05, 4.69) is 0 Å². The van der Waals surface area contributed by atoms with Crippen molar-refractivity contribution in [2.75, 3.05) is 27.3 Å². The first-order chi connectivity index (χ1) is 5.74. The third-order valence-corrected chi connectivity index (χ3v) is 1.82. The lowest BCUT2D eigenvalue weighted by Crippen LogP contribution is -2.19. The van der Waals surface area contributed by atoms with E-state index in [4.69, 9.17) is 4.74 Å². The highest BCUT2D eigenvalue weighted by Gasteiger charge is 2.25. The molecule has 0 spiro atoms. The van der Waals surface area contributed by atoms with Gasteiger partial charge < -0.3 is 9.64 Å². The fraction of sp³-hybridized carbons (Fsp3) is 0.889. The molecule has 72 valence electrons. The SMILES string of the molecule is CC.COCC1CC(=O)N(C)C1. The summed E-state index contributed by atoms with van der Waals surface area (Å²) < 4.78 is 4.94. The van der Waals surface area contributed by atoms with E-state index in [1.807, 2.05) is 20.9 Å². The van der Waals surface area contributed by atoms with Crippen LogP contribution in [-0.2, 0) is 9.53 Å². The largest absolute Gasteiger partial charge is 0.384 e. The number of nitrogens with zero attached hydrogens (tertiary/aromatic N) is 1. The van der Waals surface area contributed by atoms with E-state index >= 15 is 0 Å². The molecular weight excluding hydrogens is 154 g/mol. The van der Waals surface area contributed by atoms with Gasteiger partial charge in [-0.1, -0.05) is 13.8 Å². The monoisotopic (exact) mass is 173 g/mol. The van der Waals surface area contributed by atoms with E-state index in [0.29, 0.717) is 18.9 Å². The Labute approximate surface area is 74.7 Å². The number of amides is 1.